The van der Waals surface area contributed by atoms with E-state index in [1.165, 1.54) is 6.33 Å². The fourth-order valence-corrected chi connectivity index (χ4v) is 2.95. The van der Waals surface area contributed by atoms with E-state index in [2.05, 4.69) is 15.3 Å². The SMILES string of the molecule is COCCOc1cc2ncnc(Nc3cc(OC)c(C)cc3OC)c2cc1OC. The summed E-state index contributed by atoms with van der Waals surface area (Å²) in [5.41, 5.74) is 2.42. The first-order valence-corrected chi connectivity index (χ1v) is 9.05. The van der Waals surface area contributed by atoms with E-state index in [9.17, 15) is 0 Å². The van der Waals surface area contributed by atoms with Crippen molar-refractivity contribution in [1.82, 2.24) is 9.97 Å². The van der Waals surface area contributed by atoms with Gasteiger partial charge in [-0.1, -0.05) is 0 Å². The number of hydrogen-bond donors (Lipinski definition) is 1. The number of methoxy groups -OCH3 is 4. The first kappa shape index (κ1) is 20.5. The van der Waals surface area contributed by atoms with Crippen molar-refractivity contribution >= 4 is 22.4 Å². The molecule has 0 unspecified atom stereocenters. The molecule has 0 saturated heterocycles. The van der Waals surface area contributed by atoms with Crippen LogP contribution < -0.4 is 24.3 Å². The summed E-state index contributed by atoms with van der Waals surface area (Å²) in [6, 6.07) is 7.45. The quantitative estimate of drug-likeness (QED) is 0.545. The number of nitrogens with zero attached hydrogens (tertiary/aromatic N) is 2. The molecule has 3 rings (SSSR count). The molecule has 0 atom stereocenters. The first-order chi connectivity index (χ1) is 14.1. The Morgan fingerprint density at radius 1 is 0.793 bits per heavy atom. The van der Waals surface area contributed by atoms with E-state index in [-0.39, 0.29) is 0 Å². The van der Waals surface area contributed by atoms with E-state index < -0.39 is 0 Å². The minimum absolute atomic E-state index is 0.412. The highest BCUT2D eigenvalue weighted by Crippen LogP contribution is 2.38. The highest BCUT2D eigenvalue weighted by molar-refractivity contribution is 5.93. The highest BCUT2D eigenvalue weighted by Gasteiger charge is 2.14. The van der Waals surface area contributed by atoms with Crippen LogP contribution in [0.15, 0.2) is 30.6 Å². The number of ether oxygens (including phenoxy) is 5. The van der Waals surface area contributed by atoms with Crippen molar-refractivity contribution in [1.29, 1.82) is 0 Å². The lowest BCUT2D eigenvalue weighted by atomic mass is 10.1. The van der Waals surface area contributed by atoms with Crippen molar-refractivity contribution < 1.29 is 23.7 Å². The second kappa shape index (κ2) is 9.29. The summed E-state index contributed by atoms with van der Waals surface area (Å²) in [4.78, 5) is 8.77. The lowest BCUT2D eigenvalue weighted by molar-refractivity contribution is 0.144. The van der Waals surface area contributed by atoms with E-state index in [0.29, 0.717) is 41.8 Å². The van der Waals surface area contributed by atoms with Crippen LogP contribution in [0.1, 0.15) is 5.56 Å². The molecule has 0 saturated carbocycles. The fraction of sp³-hybridized carbons (Fsp3) is 0.333. The molecule has 1 aromatic heterocycles. The molecule has 8 nitrogen and oxygen atoms in total. The third-order valence-corrected chi connectivity index (χ3v) is 4.44. The second-order valence-corrected chi connectivity index (χ2v) is 6.23. The fourth-order valence-electron chi connectivity index (χ4n) is 2.95. The molecule has 2 aromatic carbocycles. The molecular weight excluding hydrogens is 374 g/mol. The Hall–Kier alpha value is -3.26. The molecule has 0 aliphatic carbocycles. The Morgan fingerprint density at radius 2 is 1.55 bits per heavy atom. The van der Waals surface area contributed by atoms with Crippen molar-refractivity contribution in [2.45, 2.75) is 6.92 Å². The van der Waals surface area contributed by atoms with Crippen molar-refractivity contribution in [3.8, 4) is 23.0 Å². The van der Waals surface area contributed by atoms with Crippen molar-refractivity contribution in [3.63, 3.8) is 0 Å². The molecule has 0 fully saturated rings. The Kier molecular flexibility index (Phi) is 6.56. The second-order valence-electron chi connectivity index (χ2n) is 6.23. The van der Waals surface area contributed by atoms with Gasteiger partial charge in [0.1, 0.15) is 30.3 Å². The van der Waals surface area contributed by atoms with Gasteiger partial charge in [-0.15, -0.1) is 0 Å². The lowest BCUT2D eigenvalue weighted by Gasteiger charge is -2.16. The van der Waals surface area contributed by atoms with Gasteiger partial charge in [-0.05, 0) is 24.6 Å². The molecular formula is C21H25N3O5. The minimum Gasteiger partial charge on any atom is -0.496 e. The molecule has 154 valence electrons. The van der Waals surface area contributed by atoms with E-state index in [4.69, 9.17) is 23.7 Å². The molecule has 1 heterocycles. The zero-order valence-corrected chi connectivity index (χ0v) is 17.2. The summed E-state index contributed by atoms with van der Waals surface area (Å²) in [5.74, 6) is 3.22. The number of anilines is 2. The summed E-state index contributed by atoms with van der Waals surface area (Å²) < 4.78 is 27.2. The van der Waals surface area contributed by atoms with E-state index in [1.807, 2.05) is 31.2 Å². The van der Waals surface area contributed by atoms with Gasteiger partial charge < -0.3 is 29.0 Å². The predicted molar refractivity (Wildman–Crippen MR) is 111 cm³/mol. The van der Waals surface area contributed by atoms with Crippen LogP contribution in [0.4, 0.5) is 11.5 Å². The third-order valence-electron chi connectivity index (χ3n) is 4.44. The zero-order chi connectivity index (χ0) is 20.8. The zero-order valence-electron chi connectivity index (χ0n) is 17.2. The van der Waals surface area contributed by atoms with Crippen LogP contribution in [0.2, 0.25) is 0 Å². The molecule has 3 aromatic rings. The lowest BCUT2D eigenvalue weighted by Crippen LogP contribution is -2.06. The molecule has 0 bridgehead atoms. The summed E-state index contributed by atoms with van der Waals surface area (Å²) in [5, 5.41) is 4.10. The van der Waals surface area contributed by atoms with Crippen molar-refractivity contribution in [2.75, 3.05) is 47.0 Å². The van der Waals surface area contributed by atoms with E-state index >= 15 is 0 Å². The smallest absolute Gasteiger partial charge is 0.163 e. The normalized spacial score (nSPS) is 10.7. The number of fused-ring (bicyclic) bond motifs is 1. The van der Waals surface area contributed by atoms with Crippen LogP contribution in [-0.4, -0.2) is 51.6 Å². The van der Waals surface area contributed by atoms with Gasteiger partial charge in [-0.25, -0.2) is 9.97 Å². The van der Waals surface area contributed by atoms with Gasteiger partial charge in [0, 0.05) is 24.6 Å². The molecule has 29 heavy (non-hydrogen) atoms. The maximum Gasteiger partial charge on any atom is 0.163 e. The van der Waals surface area contributed by atoms with Crippen molar-refractivity contribution in [3.05, 3.63) is 36.2 Å². The van der Waals surface area contributed by atoms with E-state index in [1.54, 1.807) is 28.4 Å². The summed E-state index contributed by atoms with van der Waals surface area (Å²) in [6.07, 6.45) is 1.49. The molecule has 0 spiro atoms. The topological polar surface area (TPSA) is 84.0 Å². The standard InChI is InChI=1S/C21H25N3O5/c1-13-8-18(27-4)16(11-17(13)26-3)24-21-14-9-19(28-5)20(29-7-6-25-2)10-15(14)22-12-23-21/h8-12H,6-7H2,1-5H3,(H,22,23,24). The van der Waals surface area contributed by atoms with Crippen LogP contribution in [0.5, 0.6) is 23.0 Å². The molecule has 1 N–H and O–H groups in total. The number of aryl methyl sites for hydroxylation is 1. The van der Waals surface area contributed by atoms with Gasteiger partial charge in [0.05, 0.1) is 39.1 Å². The Morgan fingerprint density at radius 3 is 2.24 bits per heavy atom. The first-order valence-electron chi connectivity index (χ1n) is 9.05. The van der Waals surface area contributed by atoms with Crippen molar-refractivity contribution in [2.24, 2.45) is 0 Å². The van der Waals surface area contributed by atoms with Crippen LogP contribution in [-0.2, 0) is 4.74 Å². The summed E-state index contributed by atoms with van der Waals surface area (Å²) in [7, 11) is 6.47. The Balaban J connectivity index is 2.02. The van der Waals surface area contributed by atoms with Crippen LogP contribution in [0.3, 0.4) is 0 Å². The Bertz CT molecular complexity index is 994. The molecule has 8 heteroatoms. The molecule has 0 aliphatic rings. The highest BCUT2D eigenvalue weighted by atomic mass is 16.5. The van der Waals surface area contributed by atoms with Gasteiger partial charge in [0.2, 0.25) is 0 Å². The summed E-state index contributed by atoms with van der Waals surface area (Å²) >= 11 is 0. The van der Waals surface area contributed by atoms with Gasteiger partial charge in [0.15, 0.2) is 11.5 Å². The average molecular weight is 399 g/mol. The monoisotopic (exact) mass is 399 g/mol. The minimum atomic E-state index is 0.412. The number of nitrogens with one attached hydrogen (secondary N) is 1. The number of hydrogen-bond acceptors (Lipinski definition) is 8. The van der Waals surface area contributed by atoms with Gasteiger partial charge in [-0.2, -0.15) is 0 Å². The van der Waals surface area contributed by atoms with E-state index in [0.717, 1.165) is 22.4 Å². The number of aromatic nitrogens is 2. The number of benzene rings is 2. The van der Waals surface area contributed by atoms with Gasteiger partial charge >= 0.3 is 0 Å². The molecule has 0 aliphatic heterocycles. The molecule has 0 amide bonds. The maximum atomic E-state index is 5.75. The predicted octanol–water partition coefficient (Wildman–Crippen LogP) is 3.73. The maximum absolute atomic E-state index is 5.75. The summed E-state index contributed by atoms with van der Waals surface area (Å²) in [6.45, 7) is 2.85. The van der Waals surface area contributed by atoms with Crippen LogP contribution in [0, 0.1) is 6.92 Å². The average Bonchev–Trinajstić information content (AvgIpc) is 2.74. The van der Waals surface area contributed by atoms with Crippen LogP contribution >= 0.6 is 0 Å². The third kappa shape index (κ3) is 4.43. The van der Waals surface area contributed by atoms with Crippen LogP contribution in [0.25, 0.3) is 10.9 Å². The number of rotatable bonds is 9. The van der Waals surface area contributed by atoms with Gasteiger partial charge in [-0.3, -0.25) is 0 Å². The molecule has 0 radical (unpaired) electrons. The largest absolute Gasteiger partial charge is 0.496 e. The van der Waals surface area contributed by atoms with Gasteiger partial charge in [0.25, 0.3) is 0 Å². The Labute approximate surface area is 169 Å².